The lowest BCUT2D eigenvalue weighted by Gasteiger charge is -2.30. The molecule has 1 fully saturated rings. The summed E-state index contributed by atoms with van der Waals surface area (Å²) in [6.07, 6.45) is 6.33. The first kappa shape index (κ1) is 20.2. The smallest absolute Gasteiger partial charge is 0.242 e. The van der Waals surface area contributed by atoms with Gasteiger partial charge in [0.15, 0.2) is 0 Å². The van der Waals surface area contributed by atoms with Crippen LogP contribution in [0, 0.1) is 0 Å². The first-order chi connectivity index (χ1) is 15.7. The molecule has 1 saturated carbocycles. The van der Waals surface area contributed by atoms with Gasteiger partial charge in [-0.2, -0.15) is 0 Å². The van der Waals surface area contributed by atoms with Crippen LogP contribution < -0.4 is 21.5 Å². The summed E-state index contributed by atoms with van der Waals surface area (Å²) in [5.41, 5.74) is 18.5. The third-order valence-electron chi connectivity index (χ3n) is 6.21. The second kappa shape index (κ2) is 8.46. The average Bonchev–Trinajstić information content (AvgIpc) is 3.05. The Hall–Kier alpha value is -3.67. The Morgan fingerprint density at radius 2 is 1.91 bits per heavy atom. The fourth-order valence-electron chi connectivity index (χ4n) is 4.31. The second-order valence-corrected chi connectivity index (χ2v) is 8.40. The van der Waals surface area contributed by atoms with E-state index in [1.54, 1.807) is 18.3 Å². The third-order valence-corrected chi connectivity index (χ3v) is 6.21. The van der Waals surface area contributed by atoms with Crippen LogP contribution in [0.2, 0.25) is 0 Å². The van der Waals surface area contributed by atoms with E-state index >= 15 is 0 Å². The van der Waals surface area contributed by atoms with E-state index in [4.69, 9.17) is 16.2 Å². The summed E-state index contributed by atoms with van der Waals surface area (Å²) < 4.78 is 8.41. The van der Waals surface area contributed by atoms with Gasteiger partial charge in [-0.1, -0.05) is 19.1 Å². The number of hydrogen-bond donors (Lipinski definition) is 3. The molecule has 2 aromatic heterocycles. The molecule has 164 valence electrons. The van der Waals surface area contributed by atoms with Gasteiger partial charge in [-0.3, -0.25) is 0 Å². The van der Waals surface area contributed by atoms with Crippen molar-refractivity contribution in [1.29, 1.82) is 0 Å². The van der Waals surface area contributed by atoms with Crippen molar-refractivity contribution in [2.45, 2.75) is 38.6 Å². The van der Waals surface area contributed by atoms with E-state index < -0.39 is 0 Å². The van der Waals surface area contributed by atoms with E-state index in [0.29, 0.717) is 23.4 Å². The van der Waals surface area contributed by atoms with E-state index in [1.807, 2.05) is 12.1 Å². The predicted octanol–water partition coefficient (Wildman–Crippen LogP) is 6.21. The summed E-state index contributed by atoms with van der Waals surface area (Å²) in [5.74, 6) is 1.11. The van der Waals surface area contributed by atoms with Crippen LogP contribution in [-0.4, -0.2) is 16.1 Å². The van der Waals surface area contributed by atoms with Crippen LogP contribution in [0.1, 0.15) is 38.6 Å². The van der Waals surface area contributed by atoms with Crippen LogP contribution in [0.25, 0.3) is 22.2 Å². The van der Waals surface area contributed by atoms with Crippen molar-refractivity contribution >= 4 is 28.0 Å². The monoisotopic (exact) mass is 427 g/mol. The minimum Gasteiger partial charge on any atom is -0.437 e. The van der Waals surface area contributed by atoms with Gasteiger partial charge in [-0.15, -0.1) is 0 Å². The zero-order valence-corrected chi connectivity index (χ0v) is 18.3. The molecule has 32 heavy (non-hydrogen) atoms. The molecule has 0 atom stereocenters. The molecule has 0 saturated heterocycles. The van der Waals surface area contributed by atoms with E-state index in [2.05, 4.69) is 52.1 Å². The number of nitrogens with zero attached hydrogens (tertiary/aromatic N) is 2. The lowest BCUT2D eigenvalue weighted by molar-refractivity contribution is 0.324. The fraction of sp³-hybridized carbons (Fsp3) is 0.269. The number of anilines is 3. The average molecular weight is 428 g/mol. The lowest BCUT2D eigenvalue weighted by atomic mass is 9.92. The highest BCUT2D eigenvalue weighted by Crippen LogP contribution is 2.45. The highest BCUT2D eigenvalue weighted by atomic mass is 16.5. The Balaban J connectivity index is 1.58. The van der Waals surface area contributed by atoms with Gasteiger partial charge in [-0.05, 0) is 62.1 Å². The summed E-state index contributed by atoms with van der Waals surface area (Å²) in [7, 11) is 0. The topological polar surface area (TPSA) is 91.1 Å². The maximum absolute atomic E-state index is 6.72. The Morgan fingerprint density at radius 3 is 2.59 bits per heavy atom. The molecule has 5 N–H and O–H groups in total. The van der Waals surface area contributed by atoms with Crippen molar-refractivity contribution in [3.05, 3.63) is 60.8 Å². The number of nitrogens with one attached hydrogen (secondary N) is 1. The molecule has 0 unspecified atom stereocenters. The molecule has 0 amide bonds. The Labute approximate surface area is 188 Å². The molecule has 2 aromatic carbocycles. The number of nitrogens with two attached hydrogens (primary N) is 2. The molecule has 0 aliphatic heterocycles. The highest BCUT2D eigenvalue weighted by Gasteiger charge is 2.27. The summed E-state index contributed by atoms with van der Waals surface area (Å²) in [4.78, 5) is 4.25. The maximum Gasteiger partial charge on any atom is 0.242 e. The van der Waals surface area contributed by atoms with E-state index in [-0.39, 0.29) is 0 Å². The summed E-state index contributed by atoms with van der Waals surface area (Å²) >= 11 is 0. The van der Waals surface area contributed by atoms with Crippen LogP contribution in [0.15, 0.2) is 60.8 Å². The van der Waals surface area contributed by atoms with Crippen molar-refractivity contribution in [2.24, 2.45) is 0 Å². The number of aromatic nitrogens is 2. The van der Waals surface area contributed by atoms with Crippen molar-refractivity contribution < 1.29 is 4.74 Å². The fourth-order valence-corrected chi connectivity index (χ4v) is 4.31. The zero-order chi connectivity index (χ0) is 22.1. The number of rotatable bonds is 7. The molecule has 6 nitrogen and oxygen atoms in total. The Bertz CT molecular complexity index is 1240. The quantitative estimate of drug-likeness (QED) is 0.326. The van der Waals surface area contributed by atoms with Gasteiger partial charge in [0.25, 0.3) is 0 Å². The number of nitrogen functional groups attached to an aromatic ring is 2. The lowest BCUT2D eigenvalue weighted by Crippen LogP contribution is -2.17. The molecule has 0 radical (unpaired) electrons. The first-order valence-corrected chi connectivity index (χ1v) is 11.3. The van der Waals surface area contributed by atoms with Crippen molar-refractivity contribution in [1.82, 2.24) is 9.55 Å². The van der Waals surface area contributed by atoms with Gasteiger partial charge in [-0.25, -0.2) is 4.98 Å². The molecule has 4 aromatic rings. The number of pyridine rings is 1. The molecular formula is C26H29N5O. The number of ether oxygens (including phenoxy) is 1. The number of fused-ring (bicyclic) bond motifs is 1. The van der Waals surface area contributed by atoms with Crippen LogP contribution in [0.3, 0.4) is 0 Å². The standard InChI is InChI=1S/C26H29N5O/c1-2-14-29-18-10-8-17(9-11-18)25-24(28)21-13-12-20(32-26-22(27)7-4-15-30-26)16-23(21)31(25)19-5-3-6-19/h4,7-13,15-16,19,29H,2-3,5-6,14,27-28H2,1H3. The Morgan fingerprint density at radius 1 is 1.09 bits per heavy atom. The van der Waals surface area contributed by atoms with Gasteiger partial charge in [0.2, 0.25) is 5.88 Å². The van der Waals surface area contributed by atoms with Crippen LogP contribution >= 0.6 is 0 Å². The van der Waals surface area contributed by atoms with Crippen LogP contribution in [-0.2, 0) is 0 Å². The molecule has 0 bridgehead atoms. The zero-order valence-electron chi connectivity index (χ0n) is 18.3. The third kappa shape index (κ3) is 3.62. The number of hydrogen-bond acceptors (Lipinski definition) is 5. The van der Waals surface area contributed by atoms with Gasteiger partial charge in [0.1, 0.15) is 5.75 Å². The maximum atomic E-state index is 6.72. The largest absolute Gasteiger partial charge is 0.437 e. The van der Waals surface area contributed by atoms with Gasteiger partial charge >= 0.3 is 0 Å². The van der Waals surface area contributed by atoms with Crippen molar-refractivity contribution in [3.8, 4) is 22.9 Å². The van der Waals surface area contributed by atoms with Crippen LogP contribution in [0.4, 0.5) is 17.1 Å². The van der Waals surface area contributed by atoms with Gasteiger partial charge in [0.05, 0.1) is 22.6 Å². The molecule has 1 aliphatic carbocycles. The van der Waals surface area contributed by atoms with E-state index in [9.17, 15) is 0 Å². The molecule has 2 heterocycles. The second-order valence-electron chi connectivity index (χ2n) is 8.40. The minimum atomic E-state index is 0.414. The summed E-state index contributed by atoms with van der Waals surface area (Å²) in [5, 5.41) is 4.48. The number of benzene rings is 2. The summed E-state index contributed by atoms with van der Waals surface area (Å²) in [6, 6.07) is 18.6. The van der Waals surface area contributed by atoms with E-state index in [1.165, 1.54) is 6.42 Å². The summed E-state index contributed by atoms with van der Waals surface area (Å²) in [6.45, 7) is 3.13. The minimum absolute atomic E-state index is 0.414. The molecule has 0 spiro atoms. The first-order valence-electron chi connectivity index (χ1n) is 11.3. The van der Waals surface area contributed by atoms with Crippen molar-refractivity contribution in [3.63, 3.8) is 0 Å². The van der Waals surface area contributed by atoms with Gasteiger partial charge < -0.3 is 26.1 Å². The Kier molecular flexibility index (Phi) is 5.35. The normalized spacial score (nSPS) is 13.8. The SMILES string of the molecule is CCCNc1ccc(-c2c(N)c3ccc(Oc4ncccc4N)cc3n2C2CCC2)cc1. The molecular weight excluding hydrogens is 398 g/mol. The van der Waals surface area contributed by atoms with E-state index in [0.717, 1.165) is 59.3 Å². The van der Waals surface area contributed by atoms with Crippen LogP contribution in [0.5, 0.6) is 11.6 Å². The molecule has 6 heteroatoms. The van der Waals surface area contributed by atoms with Gasteiger partial charge in [0, 0.05) is 41.5 Å². The molecule has 1 aliphatic rings. The van der Waals surface area contributed by atoms with Crippen molar-refractivity contribution in [2.75, 3.05) is 23.3 Å². The predicted molar refractivity (Wildman–Crippen MR) is 132 cm³/mol. The molecule has 5 rings (SSSR count). The highest BCUT2D eigenvalue weighted by molar-refractivity contribution is 6.01.